The Kier molecular flexibility index (Phi) is 6.84. The van der Waals surface area contributed by atoms with Crippen LogP contribution in [0.4, 0.5) is 10.5 Å². The van der Waals surface area contributed by atoms with Crippen LogP contribution in [-0.4, -0.2) is 65.1 Å². The minimum Gasteiger partial charge on any atom is -0.333 e. The maximum Gasteiger partial charge on any atom is 0.334 e. The van der Waals surface area contributed by atoms with Crippen LogP contribution in [0.15, 0.2) is 72.8 Å². The second kappa shape index (κ2) is 10.2. The van der Waals surface area contributed by atoms with Gasteiger partial charge in [-0.1, -0.05) is 80.9 Å². The molecule has 0 saturated carbocycles. The zero-order valence-electron chi connectivity index (χ0n) is 21.5. The summed E-state index contributed by atoms with van der Waals surface area (Å²) in [7, 11) is 1.74. The highest BCUT2D eigenvalue weighted by atomic mass is 16.2. The molecule has 2 heterocycles. The van der Waals surface area contributed by atoms with Gasteiger partial charge in [0.1, 0.15) is 12.2 Å². The molecule has 3 atom stereocenters. The molecule has 2 unspecified atom stereocenters. The zero-order valence-corrected chi connectivity index (χ0v) is 21.5. The Bertz CT molecular complexity index is 1310. The van der Waals surface area contributed by atoms with Gasteiger partial charge in [-0.15, -0.1) is 0 Å². The summed E-state index contributed by atoms with van der Waals surface area (Å²) in [6.45, 7) is 4.61. The van der Waals surface area contributed by atoms with Gasteiger partial charge in [0.25, 0.3) is 0 Å². The lowest BCUT2D eigenvalue weighted by molar-refractivity contribution is -0.177. The minimum atomic E-state index is -0.652. The summed E-state index contributed by atoms with van der Waals surface area (Å²) in [4.78, 5) is 44.2. The Morgan fingerprint density at radius 3 is 2.43 bits per heavy atom. The fraction of sp³-hybridized carbons (Fsp3) is 0.345. The van der Waals surface area contributed by atoms with Crippen LogP contribution in [0.5, 0.6) is 0 Å². The molecular weight excluding hydrogens is 466 g/mol. The highest BCUT2D eigenvalue weighted by Gasteiger charge is 2.52. The number of benzene rings is 3. The number of carbonyl (C=O) groups excluding carboxylic acids is 3. The van der Waals surface area contributed by atoms with E-state index in [1.807, 2.05) is 86.6 Å². The molecule has 0 spiro atoms. The van der Waals surface area contributed by atoms with E-state index in [4.69, 9.17) is 0 Å². The van der Waals surface area contributed by atoms with E-state index < -0.39 is 12.2 Å². The normalized spacial score (nSPS) is 21.2. The number of anilines is 1. The van der Waals surface area contributed by atoms with Gasteiger partial charge in [-0.05, 0) is 34.4 Å². The third-order valence-corrected chi connectivity index (χ3v) is 7.51. The van der Waals surface area contributed by atoms with Gasteiger partial charge in [-0.2, -0.15) is 0 Å². The molecule has 37 heavy (non-hydrogen) atoms. The van der Waals surface area contributed by atoms with Crippen LogP contribution in [0, 0.1) is 5.92 Å². The molecule has 1 N–H and O–H groups in total. The number of urea groups is 1. The molecule has 0 radical (unpaired) electrons. The zero-order chi connectivity index (χ0) is 26.1. The van der Waals surface area contributed by atoms with Crippen LogP contribution in [0.3, 0.4) is 0 Å². The van der Waals surface area contributed by atoms with Crippen molar-refractivity contribution < 1.29 is 14.4 Å². The quantitative estimate of drug-likeness (QED) is 0.579. The summed E-state index contributed by atoms with van der Waals surface area (Å²) in [5.41, 5.74) is 1.75. The highest BCUT2D eigenvalue weighted by Crippen LogP contribution is 2.33. The molecule has 192 valence electrons. The predicted molar refractivity (Wildman–Crippen MR) is 143 cm³/mol. The molecule has 0 aromatic heterocycles. The number of fused-ring (bicyclic) bond motifs is 2. The van der Waals surface area contributed by atoms with Gasteiger partial charge in [-0.25, -0.2) is 14.8 Å². The summed E-state index contributed by atoms with van der Waals surface area (Å²) in [6.07, 6.45) is 0.110. The Morgan fingerprint density at radius 2 is 1.70 bits per heavy atom. The average molecular weight is 500 g/mol. The second-order valence-corrected chi connectivity index (χ2v) is 9.90. The Labute approximate surface area is 217 Å². The standard InChI is InChI=1S/C29H33N5O3/c1-4-20(2)27-28(36)32(24-15-14-22-12-8-9-13-23(22)16-24)18-25-33(27)26(35)19-31(3)34(25)29(37)30-17-21-10-6-5-7-11-21/h5-16,20,25,27H,4,17-19H2,1-3H3,(H,30,37)/t20-,25?,27?/m1/s1. The third-order valence-electron chi connectivity index (χ3n) is 7.51. The summed E-state index contributed by atoms with van der Waals surface area (Å²) >= 11 is 0. The van der Waals surface area contributed by atoms with Crippen LogP contribution < -0.4 is 10.2 Å². The van der Waals surface area contributed by atoms with Crippen LogP contribution in [-0.2, 0) is 16.1 Å². The first-order valence-corrected chi connectivity index (χ1v) is 12.8. The first-order valence-electron chi connectivity index (χ1n) is 12.8. The molecule has 2 saturated heterocycles. The third kappa shape index (κ3) is 4.64. The molecule has 3 aromatic rings. The molecule has 8 heteroatoms. The van der Waals surface area contributed by atoms with Crippen molar-refractivity contribution in [2.24, 2.45) is 5.92 Å². The van der Waals surface area contributed by atoms with Gasteiger partial charge in [0.2, 0.25) is 11.8 Å². The number of amides is 4. The van der Waals surface area contributed by atoms with Gasteiger partial charge in [-0.3, -0.25) is 9.59 Å². The molecule has 8 nitrogen and oxygen atoms in total. The van der Waals surface area contributed by atoms with E-state index in [1.54, 1.807) is 26.9 Å². The molecule has 5 rings (SSSR count). The number of hydrazine groups is 1. The number of piperazine rings is 1. The topological polar surface area (TPSA) is 76.2 Å². The van der Waals surface area contributed by atoms with Crippen LogP contribution in [0.2, 0.25) is 0 Å². The van der Waals surface area contributed by atoms with Crippen molar-refractivity contribution in [3.05, 3.63) is 78.4 Å². The van der Waals surface area contributed by atoms with E-state index in [0.29, 0.717) is 6.54 Å². The van der Waals surface area contributed by atoms with E-state index in [1.165, 1.54) is 0 Å². The maximum absolute atomic E-state index is 13.9. The van der Waals surface area contributed by atoms with Crippen molar-refractivity contribution in [2.75, 3.05) is 25.0 Å². The maximum atomic E-state index is 13.9. The second-order valence-electron chi connectivity index (χ2n) is 9.90. The Morgan fingerprint density at radius 1 is 1.00 bits per heavy atom. The number of hydrogen-bond donors (Lipinski definition) is 1. The van der Waals surface area contributed by atoms with Crippen molar-refractivity contribution in [2.45, 2.75) is 39.0 Å². The lowest BCUT2D eigenvalue weighted by Crippen LogP contribution is -2.77. The monoisotopic (exact) mass is 499 g/mol. The van der Waals surface area contributed by atoms with E-state index in [-0.39, 0.29) is 36.9 Å². The van der Waals surface area contributed by atoms with E-state index in [0.717, 1.165) is 28.4 Å². The van der Waals surface area contributed by atoms with Crippen LogP contribution >= 0.6 is 0 Å². The summed E-state index contributed by atoms with van der Waals surface area (Å²) in [6, 6.07) is 22.7. The largest absolute Gasteiger partial charge is 0.334 e. The van der Waals surface area contributed by atoms with Crippen LogP contribution in [0.25, 0.3) is 10.8 Å². The number of carbonyl (C=O) groups is 3. The molecule has 0 bridgehead atoms. The molecule has 2 fully saturated rings. The number of nitrogens with one attached hydrogen (secondary N) is 1. The molecule has 2 aliphatic heterocycles. The van der Waals surface area contributed by atoms with Gasteiger partial charge in [0, 0.05) is 19.3 Å². The smallest absolute Gasteiger partial charge is 0.333 e. The summed E-state index contributed by atoms with van der Waals surface area (Å²) < 4.78 is 0. The van der Waals surface area contributed by atoms with E-state index >= 15 is 0 Å². The minimum absolute atomic E-state index is 0.0332. The fourth-order valence-corrected chi connectivity index (χ4v) is 5.37. The number of likely N-dealkylation sites (N-methyl/N-ethyl adjacent to an activating group) is 1. The summed E-state index contributed by atoms with van der Waals surface area (Å²) in [5, 5.41) is 8.38. The average Bonchev–Trinajstić information content (AvgIpc) is 2.91. The predicted octanol–water partition coefficient (Wildman–Crippen LogP) is 3.83. The van der Waals surface area contributed by atoms with Gasteiger partial charge >= 0.3 is 6.03 Å². The lowest BCUT2D eigenvalue weighted by Gasteiger charge is -2.55. The van der Waals surface area contributed by atoms with Crippen molar-refractivity contribution in [1.82, 2.24) is 20.2 Å². The molecule has 0 aliphatic carbocycles. The van der Waals surface area contributed by atoms with Crippen molar-refractivity contribution in [3.8, 4) is 0 Å². The molecule has 2 aliphatic rings. The first-order chi connectivity index (χ1) is 17.9. The lowest BCUT2D eigenvalue weighted by atomic mass is 9.92. The SMILES string of the molecule is CC[C@@H](C)C1C(=O)N(c2ccc3ccccc3c2)CC2N1C(=O)CN(C)N2C(=O)NCc1ccccc1. The number of rotatable bonds is 5. The molecular formula is C29H33N5O3. The Hall–Kier alpha value is -3.91. The Balaban J connectivity index is 1.50. The molecule has 3 aromatic carbocycles. The molecule has 4 amide bonds. The van der Waals surface area contributed by atoms with E-state index in [2.05, 4.69) is 5.32 Å². The van der Waals surface area contributed by atoms with Gasteiger partial charge in [0.15, 0.2) is 0 Å². The number of nitrogens with zero attached hydrogens (tertiary/aromatic N) is 4. The highest BCUT2D eigenvalue weighted by molar-refractivity contribution is 6.03. The van der Waals surface area contributed by atoms with Crippen LogP contribution in [0.1, 0.15) is 25.8 Å². The van der Waals surface area contributed by atoms with Crippen molar-refractivity contribution in [3.63, 3.8) is 0 Å². The fourth-order valence-electron chi connectivity index (χ4n) is 5.37. The van der Waals surface area contributed by atoms with E-state index in [9.17, 15) is 14.4 Å². The van der Waals surface area contributed by atoms with Crippen molar-refractivity contribution in [1.29, 1.82) is 0 Å². The van der Waals surface area contributed by atoms with Gasteiger partial charge in [0.05, 0.1) is 13.1 Å². The number of hydrogen-bond acceptors (Lipinski definition) is 4. The van der Waals surface area contributed by atoms with Gasteiger partial charge < -0.3 is 15.1 Å². The first kappa shape index (κ1) is 24.8. The van der Waals surface area contributed by atoms with Crippen molar-refractivity contribution >= 4 is 34.3 Å². The summed E-state index contributed by atoms with van der Waals surface area (Å²) in [5.74, 6) is -0.320.